The number of hydrogen-bond donors (Lipinski definition) is 1. The van der Waals surface area contributed by atoms with Crippen LogP contribution in [0.2, 0.25) is 0 Å². The summed E-state index contributed by atoms with van der Waals surface area (Å²) >= 11 is 1.79. The van der Waals surface area contributed by atoms with Crippen LogP contribution < -0.4 is 24.6 Å². The summed E-state index contributed by atoms with van der Waals surface area (Å²) in [6, 6.07) is 41.9. The predicted molar refractivity (Wildman–Crippen MR) is 182 cm³/mol. The first-order chi connectivity index (χ1) is 21.6. The zero-order chi connectivity index (χ0) is 30.0. The molecule has 0 aromatic heterocycles. The number of anilines is 4. The average molecular weight is 599 g/mol. The predicted octanol–water partition coefficient (Wildman–Crippen LogP) is 8.96. The van der Waals surface area contributed by atoms with Crippen molar-refractivity contribution in [3.05, 3.63) is 127 Å². The lowest BCUT2D eigenvalue weighted by Crippen LogP contribution is -2.41. The van der Waals surface area contributed by atoms with Crippen LogP contribution in [0.5, 0.6) is 11.5 Å². The molecule has 7 rings (SSSR count). The van der Waals surface area contributed by atoms with Crippen molar-refractivity contribution < 1.29 is 9.47 Å². The molecule has 0 radical (unpaired) electrons. The molecule has 6 nitrogen and oxygen atoms in total. The third-order valence-corrected chi connectivity index (χ3v) is 9.20. The zero-order valence-corrected chi connectivity index (χ0v) is 25.8. The van der Waals surface area contributed by atoms with Crippen LogP contribution in [0.3, 0.4) is 0 Å². The normalized spacial score (nSPS) is 16.8. The third kappa shape index (κ3) is 5.24. The van der Waals surface area contributed by atoms with E-state index in [1.165, 1.54) is 9.79 Å². The van der Waals surface area contributed by atoms with Crippen molar-refractivity contribution in [1.82, 2.24) is 0 Å². The number of para-hydroxylation sites is 6. The molecule has 1 N–H and O–H groups in total. The van der Waals surface area contributed by atoms with Crippen molar-refractivity contribution in [1.29, 1.82) is 0 Å². The largest absolute Gasteiger partial charge is 0.495 e. The summed E-state index contributed by atoms with van der Waals surface area (Å²) < 4.78 is 12.7. The lowest BCUT2D eigenvalue weighted by molar-refractivity contribution is 0.175. The Morgan fingerprint density at radius 2 is 1.43 bits per heavy atom. The first kappa shape index (κ1) is 27.9. The fourth-order valence-corrected chi connectivity index (χ4v) is 6.91. The topological polar surface area (TPSA) is 49.3 Å². The van der Waals surface area contributed by atoms with Crippen LogP contribution in [-0.4, -0.2) is 33.6 Å². The molecule has 0 spiro atoms. The van der Waals surface area contributed by atoms with Gasteiger partial charge in [0.15, 0.2) is 0 Å². The van der Waals surface area contributed by atoms with Crippen LogP contribution in [0, 0.1) is 5.92 Å². The average Bonchev–Trinajstić information content (AvgIpc) is 3.23. The van der Waals surface area contributed by atoms with Crippen LogP contribution >= 0.6 is 11.8 Å². The van der Waals surface area contributed by atoms with Gasteiger partial charge in [0, 0.05) is 36.1 Å². The highest BCUT2D eigenvalue weighted by Gasteiger charge is 2.39. The van der Waals surface area contributed by atoms with Gasteiger partial charge in [0.1, 0.15) is 29.1 Å². The molecular formula is C37H34N4O2S. The first-order valence-electron chi connectivity index (χ1n) is 14.7. The second kappa shape index (κ2) is 12.0. The molecule has 220 valence electrons. The number of rotatable bonds is 6. The lowest BCUT2D eigenvalue weighted by Gasteiger charge is -2.38. The summed E-state index contributed by atoms with van der Waals surface area (Å²) in [6.45, 7) is 0.557. The van der Waals surface area contributed by atoms with E-state index in [2.05, 4.69) is 102 Å². The number of methoxy groups -OCH3 is 1. The zero-order valence-electron chi connectivity index (χ0n) is 25.0. The van der Waals surface area contributed by atoms with Crippen LogP contribution in [0.15, 0.2) is 136 Å². The summed E-state index contributed by atoms with van der Waals surface area (Å²) in [6.07, 6.45) is -0.329. The van der Waals surface area contributed by atoms with Crippen LogP contribution in [0.1, 0.15) is 11.7 Å². The molecule has 2 heterocycles. The Morgan fingerprint density at radius 3 is 2.14 bits per heavy atom. The Labute approximate surface area is 263 Å². The number of nitrogens with one attached hydrogen (secondary N) is 1. The second-order valence-electron chi connectivity index (χ2n) is 11.0. The number of amidine groups is 1. The van der Waals surface area contributed by atoms with Crippen LogP contribution in [0.25, 0.3) is 0 Å². The molecule has 2 unspecified atom stereocenters. The Morgan fingerprint density at radius 1 is 0.795 bits per heavy atom. The van der Waals surface area contributed by atoms with Gasteiger partial charge in [-0.05, 0) is 66.2 Å². The highest BCUT2D eigenvalue weighted by atomic mass is 32.2. The molecule has 0 amide bonds. The lowest BCUT2D eigenvalue weighted by atomic mass is 9.92. The highest BCUT2D eigenvalue weighted by Crippen LogP contribution is 2.51. The molecule has 0 saturated heterocycles. The van der Waals surface area contributed by atoms with E-state index in [1.54, 1.807) is 18.9 Å². The Hall–Kier alpha value is -4.88. The third-order valence-electron chi connectivity index (χ3n) is 8.07. The van der Waals surface area contributed by atoms with Crippen molar-refractivity contribution in [2.75, 3.05) is 42.9 Å². The maximum Gasteiger partial charge on any atom is 0.145 e. The van der Waals surface area contributed by atoms with Crippen molar-refractivity contribution in [2.24, 2.45) is 10.9 Å². The summed E-state index contributed by atoms with van der Waals surface area (Å²) in [5.41, 5.74) is 6.17. The molecule has 0 aliphatic carbocycles. The summed E-state index contributed by atoms with van der Waals surface area (Å²) in [4.78, 5) is 12.3. The Kier molecular flexibility index (Phi) is 7.62. The number of benzene rings is 5. The van der Waals surface area contributed by atoms with Gasteiger partial charge in [0.25, 0.3) is 0 Å². The van der Waals surface area contributed by atoms with Gasteiger partial charge < -0.3 is 19.7 Å². The minimum atomic E-state index is -0.329. The SMILES string of the molecule is COc1ccccc1NCC1C(N2c3ccccc3Sc3ccccc32)=Nc2ccccc2OC1c1ccc(N(C)C)cc1. The fourth-order valence-electron chi connectivity index (χ4n) is 5.85. The summed E-state index contributed by atoms with van der Waals surface area (Å²) in [5, 5.41) is 3.71. The molecule has 5 aromatic carbocycles. The van der Waals surface area contributed by atoms with E-state index in [-0.39, 0.29) is 12.0 Å². The first-order valence-corrected chi connectivity index (χ1v) is 15.6. The van der Waals surface area contributed by atoms with E-state index in [0.717, 1.165) is 51.3 Å². The molecule has 7 heteroatoms. The highest BCUT2D eigenvalue weighted by molar-refractivity contribution is 7.99. The number of ether oxygens (including phenoxy) is 2. The Balaban J connectivity index is 1.42. The number of nitrogens with zero attached hydrogens (tertiary/aromatic N) is 3. The minimum Gasteiger partial charge on any atom is -0.495 e. The van der Waals surface area contributed by atoms with Gasteiger partial charge in [0.2, 0.25) is 0 Å². The van der Waals surface area contributed by atoms with Gasteiger partial charge in [-0.25, -0.2) is 4.99 Å². The standard InChI is InChI=1S/C37H34N4O2S/c1-40(2)26-22-20-25(21-23-26)36-27(24-38-28-12-4-8-16-32(28)42-3)37(39-29-13-5-9-17-33(29)43-36)41-30-14-6-10-18-34(30)44-35-19-11-7-15-31(35)41/h4-23,27,36,38H,24H2,1-3H3. The van der Waals surface area contributed by atoms with E-state index in [1.807, 2.05) is 48.5 Å². The van der Waals surface area contributed by atoms with E-state index in [9.17, 15) is 0 Å². The van der Waals surface area contributed by atoms with Gasteiger partial charge in [0.05, 0.1) is 30.1 Å². The molecule has 0 bridgehead atoms. The van der Waals surface area contributed by atoms with Gasteiger partial charge >= 0.3 is 0 Å². The molecule has 0 fully saturated rings. The minimum absolute atomic E-state index is 0.193. The summed E-state index contributed by atoms with van der Waals surface area (Å²) in [7, 11) is 5.82. The number of fused-ring (bicyclic) bond motifs is 3. The molecule has 44 heavy (non-hydrogen) atoms. The molecule has 2 aliphatic rings. The Bertz CT molecular complexity index is 1780. The van der Waals surface area contributed by atoms with Crippen molar-refractivity contribution in [3.8, 4) is 11.5 Å². The van der Waals surface area contributed by atoms with Gasteiger partial charge in [-0.15, -0.1) is 0 Å². The summed E-state index contributed by atoms with van der Waals surface area (Å²) in [5.74, 6) is 2.28. The van der Waals surface area contributed by atoms with E-state index >= 15 is 0 Å². The van der Waals surface area contributed by atoms with E-state index < -0.39 is 0 Å². The van der Waals surface area contributed by atoms with E-state index in [4.69, 9.17) is 14.5 Å². The molecule has 2 aliphatic heterocycles. The number of aliphatic imine (C=N–C) groups is 1. The van der Waals surface area contributed by atoms with Gasteiger partial charge in [-0.3, -0.25) is 4.90 Å². The monoisotopic (exact) mass is 598 g/mol. The van der Waals surface area contributed by atoms with Gasteiger partial charge in [-0.1, -0.05) is 72.4 Å². The van der Waals surface area contributed by atoms with Crippen LogP contribution in [-0.2, 0) is 0 Å². The van der Waals surface area contributed by atoms with Crippen molar-refractivity contribution in [3.63, 3.8) is 0 Å². The van der Waals surface area contributed by atoms with E-state index in [0.29, 0.717) is 6.54 Å². The smallest absolute Gasteiger partial charge is 0.145 e. The fraction of sp³-hybridized carbons (Fsp3) is 0.162. The molecule has 5 aromatic rings. The maximum absolute atomic E-state index is 6.97. The van der Waals surface area contributed by atoms with Crippen LogP contribution in [0.4, 0.5) is 28.4 Å². The van der Waals surface area contributed by atoms with Crippen molar-refractivity contribution in [2.45, 2.75) is 15.9 Å². The molecular weight excluding hydrogens is 565 g/mol. The molecule has 2 atom stereocenters. The molecule has 0 saturated carbocycles. The number of hydrogen-bond acceptors (Lipinski definition) is 7. The van der Waals surface area contributed by atoms with Gasteiger partial charge in [-0.2, -0.15) is 0 Å². The van der Waals surface area contributed by atoms with Crippen molar-refractivity contribution >= 4 is 46.0 Å². The maximum atomic E-state index is 6.97. The second-order valence-corrected chi connectivity index (χ2v) is 12.1. The quantitative estimate of drug-likeness (QED) is 0.211.